The molecule has 1 aliphatic rings. The molecule has 4 aromatic rings. The molecule has 0 spiro atoms. The molecule has 3 aromatic heterocycles. The number of aromatic nitrogens is 3. The van der Waals surface area contributed by atoms with Crippen molar-refractivity contribution < 1.29 is 24.3 Å². The van der Waals surface area contributed by atoms with Gasteiger partial charge in [0, 0.05) is 102 Å². The van der Waals surface area contributed by atoms with Crippen molar-refractivity contribution in [1.29, 1.82) is 0 Å². The van der Waals surface area contributed by atoms with Crippen LogP contribution in [-0.4, -0.2) is 79.4 Å². The van der Waals surface area contributed by atoms with E-state index in [1.54, 1.807) is 13.8 Å². The van der Waals surface area contributed by atoms with Crippen LogP contribution in [0.2, 0.25) is 0 Å². The molecule has 0 unspecified atom stereocenters. The monoisotopic (exact) mass is 951 g/mol. The lowest BCUT2D eigenvalue weighted by Gasteiger charge is -2.35. The third kappa shape index (κ3) is 14.7. The van der Waals surface area contributed by atoms with Crippen LogP contribution in [0.15, 0.2) is 59.7 Å². The maximum absolute atomic E-state index is 14.0. The summed E-state index contributed by atoms with van der Waals surface area (Å²) in [6.45, 7) is 20.5. The molecule has 0 radical (unpaired) electrons. The minimum atomic E-state index is -0.724. The number of carboxylic acids is 1. The summed E-state index contributed by atoms with van der Waals surface area (Å²) in [5, 5.41) is 13.4. The van der Waals surface area contributed by atoms with Crippen LogP contribution in [0.25, 0.3) is 22.0 Å². The maximum atomic E-state index is 14.0. The molecule has 13 heteroatoms. The number of pyridine rings is 2. The Kier molecular flexibility index (Phi) is 19.7. The van der Waals surface area contributed by atoms with E-state index in [0.717, 1.165) is 109 Å². The maximum Gasteiger partial charge on any atom is 0.309 e. The van der Waals surface area contributed by atoms with Gasteiger partial charge in [-0.3, -0.25) is 24.0 Å². The van der Waals surface area contributed by atoms with Gasteiger partial charge in [-0.15, -0.1) is 0 Å². The summed E-state index contributed by atoms with van der Waals surface area (Å²) in [4.78, 5) is 76.1. The van der Waals surface area contributed by atoms with Crippen molar-refractivity contribution in [3.63, 3.8) is 0 Å². The van der Waals surface area contributed by atoms with Crippen LogP contribution in [0.1, 0.15) is 164 Å². The molecule has 68 heavy (non-hydrogen) atoms. The smallest absolute Gasteiger partial charge is 0.309 e. The number of carboxylic acid groups (broad SMARTS) is 1. The number of unbranched alkanes of at least 4 members (excludes halogenated alkanes) is 6. The highest BCUT2D eigenvalue weighted by molar-refractivity contribution is 8.13. The molecule has 1 aliphatic heterocycles. The molecule has 0 bridgehead atoms. The number of hydrogen-bond acceptors (Lipinski definition) is 8. The molecule has 5 rings (SSSR count). The van der Waals surface area contributed by atoms with E-state index in [1.165, 1.54) is 11.8 Å². The molecular weight excluding hydrogens is 873 g/mol. The fraction of sp³-hybridized carbons (Fsp3) is 0.564. The first-order valence-corrected chi connectivity index (χ1v) is 26.0. The summed E-state index contributed by atoms with van der Waals surface area (Å²) in [5.41, 5.74) is 5.25. The van der Waals surface area contributed by atoms with Crippen LogP contribution in [0.3, 0.4) is 0 Å². The van der Waals surface area contributed by atoms with Crippen LogP contribution in [0, 0.1) is 31.6 Å². The molecular formula is C55H78N6O6S. The summed E-state index contributed by atoms with van der Waals surface area (Å²) in [6.07, 6.45) is 20.5. The Balaban J connectivity index is 1.05. The van der Waals surface area contributed by atoms with E-state index < -0.39 is 11.4 Å². The molecule has 12 nitrogen and oxygen atoms in total. The van der Waals surface area contributed by atoms with E-state index in [-0.39, 0.29) is 40.5 Å². The largest absolute Gasteiger partial charge is 0.481 e. The molecule has 1 saturated heterocycles. The van der Waals surface area contributed by atoms with Gasteiger partial charge in [0.15, 0.2) is 5.12 Å². The molecule has 1 fully saturated rings. The molecule has 1 aromatic carbocycles. The normalized spacial score (nSPS) is 14.0. The standard InChI is InChI=1S/C55H78N6O6S/c1-10-41(5)61-37-39(3)49-44(50(63)57-36-45-38(2)32-40(4)58-51(45)64)33-43(34-46(49)61)42-23-24-47(56-35-42)59-27-29-60(30-28-59)48(62)22-21-31-68-53(67)55(8,9)26-20-18-16-14-12-11-13-15-17-19-25-54(6,7)52(65)66/h11-12,23-24,32-35,37,41H,10,13-22,25-31,36H2,1-9H3,(H,57,63)(H,58,64)(H,65,66)/b12-11-/t41-/m0/s1. The van der Waals surface area contributed by atoms with Gasteiger partial charge in [0.2, 0.25) is 5.91 Å². The Labute approximate surface area is 409 Å². The lowest BCUT2D eigenvalue weighted by molar-refractivity contribution is -0.147. The number of aliphatic carboxylic acids is 1. The van der Waals surface area contributed by atoms with E-state index in [2.05, 4.69) is 58.0 Å². The summed E-state index contributed by atoms with van der Waals surface area (Å²) >= 11 is 1.36. The highest BCUT2D eigenvalue weighted by Crippen LogP contribution is 2.35. The van der Waals surface area contributed by atoms with Gasteiger partial charge in [0.05, 0.1) is 5.41 Å². The third-order valence-corrected chi connectivity index (χ3v) is 15.1. The first-order valence-electron chi connectivity index (χ1n) is 25.0. The third-order valence-electron chi connectivity index (χ3n) is 13.8. The van der Waals surface area contributed by atoms with Gasteiger partial charge in [0.25, 0.3) is 11.5 Å². The first-order chi connectivity index (χ1) is 32.3. The summed E-state index contributed by atoms with van der Waals surface area (Å²) in [6, 6.07) is 10.3. The summed E-state index contributed by atoms with van der Waals surface area (Å²) in [5.74, 6) is 0.642. The van der Waals surface area contributed by atoms with Gasteiger partial charge in [-0.25, -0.2) is 4.98 Å². The number of aryl methyl sites for hydroxylation is 3. The Morgan fingerprint density at radius 3 is 2.12 bits per heavy atom. The Bertz CT molecular complexity index is 2440. The van der Waals surface area contributed by atoms with Gasteiger partial charge >= 0.3 is 5.97 Å². The van der Waals surface area contributed by atoms with Gasteiger partial charge in [-0.1, -0.05) is 70.4 Å². The van der Waals surface area contributed by atoms with Crippen molar-refractivity contribution in [3.8, 4) is 11.1 Å². The second-order valence-corrected chi connectivity index (χ2v) is 21.3. The summed E-state index contributed by atoms with van der Waals surface area (Å²) < 4.78 is 2.24. The number of nitrogens with one attached hydrogen (secondary N) is 2. The van der Waals surface area contributed by atoms with Gasteiger partial charge in [-0.05, 0) is 140 Å². The van der Waals surface area contributed by atoms with Crippen LogP contribution >= 0.6 is 11.8 Å². The Hall–Kier alpha value is -5.17. The van der Waals surface area contributed by atoms with E-state index in [4.69, 9.17) is 4.98 Å². The van der Waals surface area contributed by atoms with Gasteiger partial charge in [-0.2, -0.15) is 0 Å². The predicted molar refractivity (Wildman–Crippen MR) is 279 cm³/mol. The average Bonchev–Trinajstić information content (AvgIpc) is 3.65. The molecule has 0 aliphatic carbocycles. The molecule has 370 valence electrons. The molecule has 3 N–H and O–H groups in total. The van der Waals surface area contributed by atoms with Crippen molar-refractivity contribution >= 4 is 51.4 Å². The first kappa shape index (κ1) is 53.8. The second-order valence-electron chi connectivity index (χ2n) is 20.3. The number of amides is 2. The van der Waals surface area contributed by atoms with Crippen molar-refractivity contribution in [1.82, 2.24) is 24.8 Å². The number of anilines is 1. The van der Waals surface area contributed by atoms with Crippen molar-refractivity contribution in [2.24, 2.45) is 10.8 Å². The lowest BCUT2D eigenvalue weighted by atomic mass is 9.87. The van der Waals surface area contributed by atoms with E-state index in [0.29, 0.717) is 62.3 Å². The van der Waals surface area contributed by atoms with E-state index in [1.807, 2.05) is 70.0 Å². The number of hydrogen-bond donors (Lipinski definition) is 3. The van der Waals surface area contributed by atoms with Crippen molar-refractivity contribution in [3.05, 3.63) is 93.2 Å². The molecule has 1 atom stereocenters. The Morgan fingerprint density at radius 1 is 0.853 bits per heavy atom. The minimum absolute atomic E-state index is 0.120. The van der Waals surface area contributed by atoms with Gasteiger partial charge in [0.1, 0.15) is 5.82 Å². The minimum Gasteiger partial charge on any atom is -0.481 e. The highest BCUT2D eigenvalue weighted by atomic mass is 32.2. The fourth-order valence-electron chi connectivity index (χ4n) is 8.99. The highest BCUT2D eigenvalue weighted by Gasteiger charge is 2.28. The zero-order valence-electron chi connectivity index (χ0n) is 42.4. The number of allylic oxidation sites excluding steroid dienone is 2. The van der Waals surface area contributed by atoms with Crippen LogP contribution in [0.4, 0.5) is 5.82 Å². The average molecular weight is 951 g/mol. The number of piperazine rings is 1. The Morgan fingerprint density at radius 2 is 1.51 bits per heavy atom. The number of carbonyl (C=O) groups excluding carboxylic acids is 3. The van der Waals surface area contributed by atoms with E-state index >= 15 is 0 Å². The number of thioether (sulfide) groups is 1. The van der Waals surface area contributed by atoms with E-state index in [9.17, 15) is 29.1 Å². The van der Waals surface area contributed by atoms with Crippen molar-refractivity contribution in [2.75, 3.05) is 36.8 Å². The lowest BCUT2D eigenvalue weighted by Crippen LogP contribution is -2.49. The summed E-state index contributed by atoms with van der Waals surface area (Å²) in [7, 11) is 0. The number of nitrogens with zero attached hydrogens (tertiary/aromatic N) is 4. The second kappa shape index (κ2) is 24.9. The molecule has 2 amide bonds. The number of fused-ring (bicyclic) bond motifs is 1. The number of rotatable bonds is 25. The van der Waals surface area contributed by atoms with Gasteiger partial charge < -0.3 is 29.8 Å². The zero-order chi connectivity index (χ0) is 49.6. The van der Waals surface area contributed by atoms with Crippen LogP contribution in [0.5, 0.6) is 0 Å². The quantitative estimate of drug-likeness (QED) is 0.0434. The molecule has 0 saturated carbocycles. The predicted octanol–water partition coefficient (Wildman–Crippen LogP) is 11.5. The number of carbonyl (C=O) groups is 4. The topological polar surface area (TPSA) is 158 Å². The van der Waals surface area contributed by atoms with Crippen molar-refractivity contribution in [2.45, 2.75) is 158 Å². The number of aromatic amines is 1. The zero-order valence-corrected chi connectivity index (χ0v) is 43.2. The fourth-order valence-corrected chi connectivity index (χ4v) is 9.95. The van der Waals surface area contributed by atoms with Crippen LogP contribution < -0.4 is 15.8 Å². The molecule has 4 heterocycles. The number of benzene rings is 1. The number of H-pyrrole nitrogens is 1. The SMILES string of the molecule is CC[C@H](C)n1cc(C)c2c(C(=O)NCc3c(C)cc(C)[nH]c3=O)cc(-c3ccc(N4CCN(C(=O)CCCSC(=O)C(C)(C)CCCCC/C=C\CCCCCC(C)(C)C(=O)O)CC4)nc3)cc21. The van der Waals surface area contributed by atoms with Crippen LogP contribution in [-0.2, 0) is 20.9 Å².